The third-order valence-corrected chi connectivity index (χ3v) is 3.92. The summed E-state index contributed by atoms with van der Waals surface area (Å²) in [4.78, 5) is 16.0. The minimum atomic E-state index is -0.472. The Hall–Kier alpha value is -1.75. The van der Waals surface area contributed by atoms with Crippen molar-refractivity contribution in [3.63, 3.8) is 0 Å². The van der Waals surface area contributed by atoms with Gasteiger partial charge in [-0.2, -0.15) is 0 Å². The Morgan fingerprint density at radius 2 is 2.16 bits per heavy atom. The number of nitrogens with two attached hydrogens (primary N) is 2. The van der Waals surface area contributed by atoms with Gasteiger partial charge in [0.2, 0.25) is 0 Å². The van der Waals surface area contributed by atoms with Gasteiger partial charge < -0.3 is 16.4 Å². The molecule has 1 atom stereocenters. The molecule has 0 saturated carbocycles. The summed E-state index contributed by atoms with van der Waals surface area (Å²) in [5.74, 6) is -0.472. The molecule has 1 amide bonds. The van der Waals surface area contributed by atoms with E-state index in [0.29, 0.717) is 17.3 Å². The molecule has 0 spiro atoms. The second kappa shape index (κ2) is 5.48. The topological polar surface area (TPSA) is 75.6 Å². The number of carbonyl (C=O) groups is 1. The molecule has 1 saturated heterocycles. The Morgan fingerprint density at radius 3 is 2.79 bits per heavy atom. The molecule has 1 heterocycles. The Labute approximate surface area is 114 Å². The van der Waals surface area contributed by atoms with Crippen LogP contribution in [0.2, 0.25) is 0 Å². The molecular weight excluding hydrogens is 240 g/mol. The van der Waals surface area contributed by atoms with Crippen LogP contribution in [0, 0.1) is 0 Å². The van der Waals surface area contributed by atoms with Gasteiger partial charge in [-0.05, 0) is 31.7 Å². The van der Waals surface area contributed by atoms with E-state index < -0.39 is 5.91 Å². The molecule has 1 aromatic carbocycles. The molecule has 4 N–H and O–H groups in total. The van der Waals surface area contributed by atoms with Crippen LogP contribution in [0.15, 0.2) is 18.2 Å². The highest BCUT2D eigenvalue weighted by molar-refractivity contribution is 5.99. The summed E-state index contributed by atoms with van der Waals surface area (Å²) < 4.78 is 0. The Kier molecular flexibility index (Phi) is 3.95. The summed E-state index contributed by atoms with van der Waals surface area (Å²) in [6.45, 7) is 5.14. The van der Waals surface area contributed by atoms with Gasteiger partial charge in [-0.3, -0.25) is 9.69 Å². The average Bonchev–Trinajstić information content (AvgIpc) is 2.39. The van der Waals surface area contributed by atoms with Crippen LogP contribution in [0.25, 0.3) is 0 Å². The smallest absolute Gasteiger partial charge is 0.250 e. The molecule has 1 aliphatic heterocycles. The molecule has 0 aliphatic carbocycles. The van der Waals surface area contributed by atoms with E-state index >= 15 is 0 Å². The number of primary amides is 1. The molecule has 5 heteroatoms. The lowest BCUT2D eigenvalue weighted by atomic mass is 10.1. The second-order valence-electron chi connectivity index (χ2n) is 5.12. The third-order valence-electron chi connectivity index (χ3n) is 3.92. The molecule has 5 nitrogen and oxygen atoms in total. The van der Waals surface area contributed by atoms with E-state index in [-0.39, 0.29) is 0 Å². The molecular formula is C14H22N4O. The highest BCUT2D eigenvalue weighted by atomic mass is 16.1. The maximum atomic E-state index is 11.3. The maximum absolute atomic E-state index is 11.3. The molecule has 1 unspecified atom stereocenters. The fourth-order valence-electron chi connectivity index (χ4n) is 2.58. The zero-order valence-corrected chi connectivity index (χ0v) is 11.6. The number of nitrogens with zero attached hydrogens (tertiary/aromatic N) is 2. The van der Waals surface area contributed by atoms with Crippen LogP contribution in [0.5, 0.6) is 0 Å². The summed E-state index contributed by atoms with van der Waals surface area (Å²) in [5, 5.41) is 0. The molecule has 1 aromatic rings. The third kappa shape index (κ3) is 2.81. The number of carbonyl (C=O) groups excluding carboxylic acids is 1. The van der Waals surface area contributed by atoms with E-state index in [1.807, 2.05) is 6.07 Å². The van der Waals surface area contributed by atoms with E-state index in [9.17, 15) is 4.79 Å². The summed E-state index contributed by atoms with van der Waals surface area (Å²) in [6.07, 6.45) is 1.12. The summed E-state index contributed by atoms with van der Waals surface area (Å²) in [5.41, 5.74) is 13.0. The van der Waals surface area contributed by atoms with E-state index in [1.165, 1.54) is 0 Å². The molecule has 1 aliphatic rings. The molecule has 19 heavy (non-hydrogen) atoms. The number of piperazine rings is 1. The molecule has 0 bridgehead atoms. The number of nitrogen functional groups attached to an aromatic ring is 1. The standard InChI is InChI=1S/C14H22N4O/c1-3-10-9-18(7-6-17(10)2)11-4-5-13(15)12(8-11)14(16)19/h4-5,8,10H,3,6-7,9,15H2,1-2H3,(H2,16,19). The van der Waals surface area contributed by atoms with Crippen molar-refractivity contribution in [3.8, 4) is 0 Å². The second-order valence-corrected chi connectivity index (χ2v) is 5.12. The van der Waals surface area contributed by atoms with Crippen LogP contribution in [0.3, 0.4) is 0 Å². The zero-order valence-electron chi connectivity index (χ0n) is 11.6. The van der Waals surface area contributed by atoms with E-state index in [0.717, 1.165) is 31.7 Å². The van der Waals surface area contributed by atoms with Crippen molar-refractivity contribution in [2.75, 3.05) is 37.3 Å². The number of hydrogen-bond donors (Lipinski definition) is 2. The van der Waals surface area contributed by atoms with Crippen molar-refractivity contribution in [2.24, 2.45) is 5.73 Å². The predicted octanol–water partition coefficient (Wildman–Crippen LogP) is 0.898. The van der Waals surface area contributed by atoms with Gasteiger partial charge in [-0.15, -0.1) is 0 Å². The molecule has 2 rings (SSSR count). The van der Waals surface area contributed by atoms with E-state index in [4.69, 9.17) is 11.5 Å². The predicted molar refractivity (Wildman–Crippen MR) is 78.3 cm³/mol. The minimum absolute atomic E-state index is 0.407. The maximum Gasteiger partial charge on any atom is 0.250 e. The van der Waals surface area contributed by atoms with E-state index in [1.54, 1.807) is 12.1 Å². The monoisotopic (exact) mass is 262 g/mol. The van der Waals surface area contributed by atoms with Gasteiger partial charge in [0.05, 0.1) is 5.56 Å². The lowest BCUT2D eigenvalue weighted by Gasteiger charge is -2.40. The summed E-state index contributed by atoms with van der Waals surface area (Å²) in [6, 6.07) is 6.06. The number of amides is 1. The molecule has 1 fully saturated rings. The van der Waals surface area contributed by atoms with Crippen molar-refractivity contribution < 1.29 is 4.79 Å². The SMILES string of the molecule is CCC1CN(c2ccc(N)c(C(N)=O)c2)CCN1C. The summed E-state index contributed by atoms with van der Waals surface area (Å²) in [7, 11) is 2.16. The quantitative estimate of drug-likeness (QED) is 0.794. The van der Waals surface area contributed by atoms with Gasteiger partial charge in [0.1, 0.15) is 0 Å². The lowest BCUT2D eigenvalue weighted by molar-refractivity contribution is 0.100. The first-order valence-corrected chi connectivity index (χ1v) is 6.67. The minimum Gasteiger partial charge on any atom is -0.398 e. The van der Waals surface area contributed by atoms with Crippen molar-refractivity contribution in [2.45, 2.75) is 19.4 Å². The lowest BCUT2D eigenvalue weighted by Crippen LogP contribution is -2.51. The molecule has 0 aromatic heterocycles. The Morgan fingerprint density at radius 1 is 1.42 bits per heavy atom. The van der Waals surface area contributed by atoms with Gasteiger partial charge >= 0.3 is 0 Å². The van der Waals surface area contributed by atoms with Gasteiger partial charge in [0, 0.05) is 37.1 Å². The van der Waals surface area contributed by atoms with Crippen LogP contribution in [0.4, 0.5) is 11.4 Å². The first kappa shape index (κ1) is 13.7. The van der Waals surface area contributed by atoms with E-state index in [2.05, 4.69) is 23.8 Å². The van der Waals surface area contributed by atoms with Gasteiger partial charge in [-0.25, -0.2) is 0 Å². The van der Waals surface area contributed by atoms with Gasteiger partial charge in [-0.1, -0.05) is 6.92 Å². The van der Waals surface area contributed by atoms with Crippen molar-refractivity contribution in [1.29, 1.82) is 0 Å². The number of anilines is 2. The van der Waals surface area contributed by atoms with Crippen LogP contribution in [0.1, 0.15) is 23.7 Å². The first-order chi connectivity index (χ1) is 9.02. The van der Waals surface area contributed by atoms with Crippen LogP contribution in [-0.2, 0) is 0 Å². The van der Waals surface area contributed by atoms with Crippen LogP contribution < -0.4 is 16.4 Å². The van der Waals surface area contributed by atoms with Gasteiger partial charge in [0.15, 0.2) is 0 Å². The highest BCUT2D eigenvalue weighted by Gasteiger charge is 2.23. The highest BCUT2D eigenvalue weighted by Crippen LogP contribution is 2.24. The Bertz CT molecular complexity index is 475. The number of benzene rings is 1. The van der Waals surface area contributed by atoms with Crippen LogP contribution in [-0.4, -0.2) is 43.5 Å². The average molecular weight is 262 g/mol. The van der Waals surface area contributed by atoms with Crippen LogP contribution >= 0.6 is 0 Å². The summed E-state index contributed by atoms with van der Waals surface area (Å²) >= 11 is 0. The van der Waals surface area contributed by atoms with Gasteiger partial charge in [0.25, 0.3) is 5.91 Å². The fourth-order valence-corrected chi connectivity index (χ4v) is 2.58. The largest absolute Gasteiger partial charge is 0.398 e. The van der Waals surface area contributed by atoms with Crippen molar-refractivity contribution in [3.05, 3.63) is 23.8 Å². The zero-order chi connectivity index (χ0) is 14.0. The normalized spacial score (nSPS) is 20.5. The molecule has 104 valence electrons. The Balaban J connectivity index is 2.22. The molecule has 0 radical (unpaired) electrons. The number of rotatable bonds is 3. The number of likely N-dealkylation sites (N-methyl/N-ethyl adjacent to an activating group) is 1. The first-order valence-electron chi connectivity index (χ1n) is 6.67. The number of hydrogen-bond acceptors (Lipinski definition) is 4. The van der Waals surface area contributed by atoms with Crippen molar-refractivity contribution in [1.82, 2.24) is 4.90 Å². The van der Waals surface area contributed by atoms with Crippen molar-refractivity contribution >= 4 is 17.3 Å². The fraction of sp³-hybridized carbons (Fsp3) is 0.500.